The van der Waals surface area contributed by atoms with Crippen molar-refractivity contribution in [2.45, 2.75) is 19.5 Å². The summed E-state index contributed by atoms with van der Waals surface area (Å²) in [5.74, 6) is -1.10. The topological polar surface area (TPSA) is 29.3 Å². The third-order valence-corrected chi connectivity index (χ3v) is 3.62. The monoisotopic (exact) mass is 272 g/mol. The Morgan fingerprint density at radius 2 is 2.05 bits per heavy atom. The van der Waals surface area contributed by atoms with E-state index in [0.717, 1.165) is 17.7 Å². The molecule has 0 bridgehead atoms. The quantitative estimate of drug-likeness (QED) is 0.916. The second-order valence-corrected chi connectivity index (χ2v) is 5.32. The van der Waals surface area contributed by atoms with Crippen LogP contribution in [0.1, 0.15) is 12.5 Å². The van der Waals surface area contributed by atoms with Crippen molar-refractivity contribution < 1.29 is 13.2 Å². The van der Waals surface area contributed by atoms with E-state index < -0.39 is 12.1 Å². The Balaban J connectivity index is 2.21. The SMILES string of the molecule is CC1Cc2ccccc2N(CC(CN)C(F)(F)F)C1. The number of hydrogen-bond acceptors (Lipinski definition) is 2. The maximum atomic E-state index is 12.8. The van der Waals surface area contributed by atoms with E-state index in [1.165, 1.54) is 0 Å². The first-order valence-electron chi connectivity index (χ1n) is 6.51. The molecule has 0 spiro atoms. The molecule has 2 atom stereocenters. The van der Waals surface area contributed by atoms with Crippen molar-refractivity contribution in [2.75, 3.05) is 24.5 Å². The molecule has 0 radical (unpaired) electrons. The van der Waals surface area contributed by atoms with Gasteiger partial charge in [0.1, 0.15) is 0 Å². The maximum Gasteiger partial charge on any atom is 0.394 e. The van der Waals surface area contributed by atoms with Gasteiger partial charge >= 0.3 is 6.18 Å². The van der Waals surface area contributed by atoms with E-state index in [-0.39, 0.29) is 13.1 Å². The minimum Gasteiger partial charge on any atom is -0.370 e. The molecule has 2 rings (SSSR count). The summed E-state index contributed by atoms with van der Waals surface area (Å²) in [6.45, 7) is 2.30. The van der Waals surface area contributed by atoms with Crippen LogP contribution in [0.2, 0.25) is 0 Å². The molecule has 1 aromatic rings. The molecule has 0 amide bonds. The molecule has 1 aliphatic heterocycles. The van der Waals surface area contributed by atoms with Crippen LogP contribution < -0.4 is 10.6 Å². The summed E-state index contributed by atoms with van der Waals surface area (Å²) in [4.78, 5) is 1.83. The zero-order valence-electron chi connectivity index (χ0n) is 11.0. The number of rotatable bonds is 3. The van der Waals surface area contributed by atoms with Gasteiger partial charge in [-0.2, -0.15) is 13.2 Å². The maximum absolute atomic E-state index is 12.8. The van der Waals surface area contributed by atoms with Crippen molar-refractivity contribution in [3.63, 3.8) is 0 Å². The number of benzene rings is 1. The minimum atomic E-state index is -4.23. The fourth-order valence-electron chi connectivity index (χ4n) is 2.66. The summed E-state index contributed by atoms with van der Waals surface area (Å²) in [7, 11) is 0. The summed E-state index contributed by atoms with van der Waals surface area (Å²) in [6.07, 6.45) is -3.31. The molecule has 106 valence electrons. The van der Waals surface area contributed by atoms with E-state index in [1.807, 2.05) is 29.2 Å². The Morgan fingerprint density at radius 3 is 2.68 bits per heavy atom. The van der Waals surface area contributed by atoms with E-state index in [2.05, 4.69) is 6.92 Å². The van der Waals surface area contributed by atoms with Gasteiger partial charge in [-0.15, -0.1) is 0 Å². The predicted molar refractivity (Wildman–Crippen MR) is 70.1 cm³/mol. The normalized spacial score (nSPS) is 21.1. The molecule has 0 fully saturated rings. The number of para-hydroxylation sites is 1. The van der Waals surface area contributed by atoms with Gasteiger partial charge in [-0.3, -0.25) is 0 Å². The Bertz CT molecular complexity index is 431. The lowest BCUT2D eigenvalue weighted by Gasteiger charge is -2.37. The van der Waals surface area contributed by atoms with Crippen molar-refractivity contribution in [1.29, 1.82) is 0 Å². The van der Waals surface area contributed by atoms with Gasteiger partial charge in [0, 0.05) is 25.3 Å². The molecular weight excluding hydrogens is 253 g/mol. The zero-order valence-corrected chi connectivity index (χ0v) is 11.0. The Labute approximate surface area is 111 Å². The zero-order chi connectivity index (χ0) is 14.0. The van der Waals surface area contributed by atoms with Crippen LogP contribution in [-0.2, 0) is 6.42 Å². The van der Waals surface area contributed by atoms with E-state index in [1.54, 1.807) is 0 Å². The number of nitrogens with zero attached hydrogens (tertiary/aromatic N) is 1. The minimum absolute atomic E-state index is 0.0542. The number of fused-ring (bicyclic) bond motifs is 1. The summed E-state index contributed by atoms with van der Waals surface area (Å²) in [5.41, 5.74) is 7.33. The predicted octanol–water partition coefficient (Wildman–Crippen LogP) is 2.82. The number of hydrogen-bond donors (Lipinski definition) is 1. The molecular formula is C14H19F3N2. The van der Waals surface area contributed by atoms with Gasteiger partial charge in [-0.25, -0.2) is 0 Å². The Morgan fingerprint density at radius 1 is 1.37 bits per heavy atom. The molecule has 2 unspecified atom stereocenters. The Kier molecular flexibility index (Phi) is 4.04. The molecule has 1 aromatic carbocycles. The highest BCUT2D eigenvalue weighted by Gasteiger charge is 2.40. The molecule has 5 heteroatoms. The third kappa shape index (κ3) is 3.21. The van der Waals surface area contributed by atoms with Crippen LogP contribution in [0.3, 0.4) is 0 Å². The molecule has 0 aliphatic carbocycles. The van der Waals surface area contributed by atoms with Gasteiger partial charge in [0.15, 0.2) is 0 Å². The van der Waals surface area contributed by atoms with Crippen LogP contribution >= 0.6 is 0 Å². The summed E-state index contributed by atoms with van der Waals surface area (Å²) in [6, 6.07) is 7.68. The van der Waals surface area contributed by atoms with Crippen molar-refractivity contribution >= 4 is 5.69 Å². The van der Waals surface area contributed by atoms with Crippen LogP contribution in [0.5, 0.6) is 0 Å². The highest BCUT2D eigenvalue weighted by atomic mass is 19.4. The molecule has 2 nitrogen and oxygen atoms in total. The number of nitrogens with two attached hydrogens (primary N) is 1. The Hall–Kier alpha value is -1.23. The lowest BCUT2D eigenvalue weighted by Crippen LogP contribution is -2.44. The average Bonchev–Trinajstić information content (AvgIpc) is 2.34. The van der Waals surface area contributed by atoms with E-state index in [0.29, 0.717) is 12.5 Å². The van der Waals surface area contributed by atoms with Gasteiger partial charge in [-0.1, -0.05) is 25.1 Å². The molecule has 1 heterocycles. The first-order valence-corrected chi connectivity index (χ1v) is 6.51. The van der Waals surface area contributed by atoms with E-state index in [9.17, 15) is 13.2 Å². The van der Waals surface area contributed by atoms with E-state index in [4.69, 9.17) is 5.73 Å². The molecule has 0 saturated heterocycles. The number of alkyl halides is 3. The summed E-state index contributed by atoms with van der Waals surface area (Å²) < 4.78 is 38.5. The number of anilines is 1. The third-order valence-electron chi connectivity index (χ3n) is 3.62. The lowest BCUT2D eigenvalue weighted by atomic mass is 9.93. The van der Waals surface area contributed by atoms with Crippen molar-refractivity contribution in [3.8, 4) is 0 Å². The van der Waals surface area contributed by atoms with E-state index >= 15 is 0 Å². The second kappa shape index (κ2) is 5.41. The van der Waals surface area contributed by atoms with Crippen LogP contribution in [0.4, 0.5) is 18.9 Å². The smallest absolute Gasteiger partial charge is 0.370 e. The van der Waals surface area contributed by atoms with Gasteiger partial charge in [-0.05, 0) is 24.0 Å². The first kappa shape index (κ1) is 14.2. The van der Waals surface area contributed by atoms with Crippen molar-refractivity contribution in [1.82, 2.24) is 0 Å². The van der Waals surface area contributed by atoms with Crippen LogP contribution in [0.15, 0.2) is 24.3 Å². The molecule has 1 aliphatic rings. The first-order chi connectivity index (χ1) is 8.91. The van der Waals surface area contributed by atoms with Gasteiger partial charge in [0.05, 0.1) is 5.92 Å². The molecule has 19 heavy (non-hydrogen) atoms. The van der Waals surface area contributed by atoms with Crippen molar-refractivity contribution in [2.24, 2.45) is 17.6 Å². The summed E-state index contributed by atoms with van der Waals surface area (Å²) >= 11 is 0. The standard InChI is InChI=1S/C14H19F3N2/c1-10-6-11-4-2-3-5-13(11)19(8-10)9-12(7-18)14(15,16)17/h2-5,10,12H,6-9,18H2,1H3. The molecule has 0 saturated carbocycles. The molecule has 2 N–H and O–H groups in total. The highest BCUT2D eigenvalue weighted by Crippen LogP contribution is 2.33. The van der Waals surface area contributed by atoms with Crippen LogP contribution in [-0.4, -0.2) is 25.8 Å². The lowest BCUT2D eigenvalue weighted by molar-refractivity contribution is -0.169. The van der Waals surface area contributed by atoms with Gasteiger partial charge in [0.2, 0.25) is 0 Å². The van der Waals surface area contributed by atoms with Crippen molar-refractivity contribution in [3.05, 3.63) is 29.8 Å². The van der Waals surface area contributed by atoms with Gasteiger partial charge < -0.3 is 10.6 Å². The average molecular weight is 272 g/mol. The fraction of sp³-hybridized carbons (Fsp3) is 0.571. The summed E-state index contributed by atoms with van der Waals surface area (Å²) in [5, 5.41) is 0. The second-order valence-electron chi connectivity index (χ2n) is 5.32. The largest absolute Gasteiger partial charge is 0.394 e. The molecule has 0 aromatic heterocycles. The fourth-order valence-corrected chi connectivity index (χ4v) is 2.66. The number of halogens is 3. The van der Waals surface area contributed by atoms with Gasteiger partial charge in [0.25, 0.3) is 0 Å². The highest BCUT2D eigenvalue weighted by molar-refractivity contribution is 5.55. The van der Waals surface area contributed by atoms with Crippen LogP contribution in [0.25, 0.3) is 0 Å². The van der Waals surface area contributed by atoms with Crippen LogP contribution in [0, 0.1) is 11.8 Å².